The Labute approximate surface area is 178 Å². The minimum absolute atomic E-state index is 0.120. The van der Waals surface area contributed by atoms with E-state index in [4.69, 9.17) is 0 Å². The Morgan fingerprint density at radius 3 is 2.17 bits per heavy atom. The van der Waals surface area contributed by atoms with Crippen LogP contribution in [0.25, 0.3) is 0 Å². The molecule has 2 aliphatic carbocycles. The maximum absolute atomic E-state index is 10.1. The number of nitrogens with zero attached hydrogens (tertiary/aromatic N) is 2. The van der Waals surface area contributed by atoms with Gasteiger partial charge in [0.25, 0.3) is 0 Å². The second kappa shape index (κ2) is 10.3. The molecule has 0 aliphatic heterocycles. The van der Waals surface area contributed by atoms with E-state index in [9.17, 15) is 10.5 Å². The summed E-state index contributed by atoms with van der Waals surface area (Å²) in [6, 6.07) is 9.37. The lowest BCUT2D eigenvalue weighted by Gasteiger charge is -2.47. The van der Waals surface area contributed by atoms with Crippen LogP contribution in [0, 0.1) is 34.5 Å². The average molecular weight is 391 g/mol. The van der Waals surface area contributed by atoms with Gasteiger partial charge in [-0.3, -0.25) is 0 Å². The minimum atomic E-state index is 0.120. The molecule has 0 amide bonds. The third kappa shape index (κ3) is 4.53. The van der Waals surface area contributed by atoms with E-state index in [1.807, 2.05) is 0 Å². The Balaban J connectivity index is 1.99. The van der Waals surface area contributed by atoms with Crippen molar-refractivity contribution in [3.05, 3.63) is 34.4 Å². The van der Waals surface area contributed by atoms with Gasteiger partial charge >= 0.3 is 0 Å². The van der Waals surface area contributed by atoms with E-state index < -0.39 is 0 Å². The lowest BCUT2D eigenvalue weighted by molar-refractivity contribution is 0.124. The van der Waals surface area contributed by atoms with Crippen molar-refractivity contribution in [2.24, 2.45) is 11.8 Å². The van der Waals surface area contributed by atoms with Crippen LogP contribution in [0.2, 0.25) is 0 Å². The fourth-order valence-electron chi connectivity index (χ4n) is 6.37. The zero-order chi connectivity index (χ0) is 20.7. The first-order chi connectivity index (χ1) is 14.2. The number of hydrogen-bond acceptors (Lipinski definition) is 2. The maximum Gasteiger partial charge on any atom is 0.101 e. The van der Waals surface area contributed by atoms with Gasteiger partial charge in [0.05, 0.1) is 11.1 Å². The molecule has 2 saturated carbocycles. The third-order valence-corrected chi connectivity index (χ3v) is 7.92. The van der Waals surface area contributed by atoms with Gasteiger partial charge in [-0.25, -0.2) is 0 Å². The topological polar surface area (TPSA) is 47.6 Å². The summed E-state index contributed by atoms with van der Waals surface area (Å²) in [5, 5.41) is 20.1. The van der Waals surface area contributed by atoms with Crippen LogP contribution in [0.5, 0.6) is 0 Å². The third-order valence-electron chi connectivity index (χ3n) is 7.92. The standard InChI is InChI=1S/C27H38N2/c1-3-5-10-22-13-16-26(25(20-29)24(22)19-28)27(17-7-6-8-18-27)23-14-11-21(9-4-2)12-15-23/h13,16,21,23H,3-12,14-15,17-18H2,1-2H3. The van der Waals surface area contributed by atoms with Crippen molar-refractivity contribution in [1.29, 1.82) is 10.5 Å². The van der Waals surface area contributed by atoms with Crippen molar-refractivity contribution in [2.45, 2.75) is 109 Å². The number of rotatable bonds is 7. The van der Waals surface area contributed by atoms with E-state index in [1.165, 1.54) is 76.2 Å². The first-order valence-electron chi connectivity index (χ1n) is 12.2. The predicted molar refractivity (Wildman–Crippen MR) is 120 cm³/mol. The lowest BCUT2D eigenvalue weighted by Crippen LogP contribution is -2.40. The van der Waals surface area contributed by atoms with E-state index >= 15 is 0 Å². The van der Waals surface area contributed by atoms with E-state index in [-0.39, 0.29) is 5.41 Å². The minimum Gasteiger partial charge on any atom is -0.192 e. The number of nitriles is 2. The van der Waals surface area contributed by atoms with E-state index in [0.29, 0.717) is 17.0 Å². The van der Waals surface area contributed by atoms with Gasteiger partial charge in [0.1, 0.15) is 12.1 Å². The van der Waals surface area contributed by atoms with Crippen LogP contribution >= 0.6 is 0 Å². The molecule has 0 atom stereocenters. The molecule has 1 aromatic carbocycles. The second-order valence-electron chi connectivity index (χ2n) is 9.57. The van der Waals surface area contributed by atoms with Crippen molar-refractivity contribution in [3.8, 4) is 12.1 Å². The van der Waals surface area contributed by atoms with Crippen molar-refractivity contribution in [3.63, 3.8) is 0 Å². The molecule has 2 nitrogen and oxygen atoms in total. The zero-order valence-electron chi connectivity index (χ0n) is 18.6. The Kier molecular flexibility index (Phi) is 7.77. The molecule has 0 aromatic heterocycles. The molecule has 3 rings (SSSR count). The summed E-state index contributed by atoms with van der Waals surface area (Å²) in [4.78, 5) is 0. The molecule has 0 saturated heterocycles. The molecular weight excluding hydrogens is 352 g/mol. The maximum atomic E-state index is 10.1. The van der Waals surface area contributed by atoms with Gasteiger partial charge in [-0.1, -0.05) is 77.3 Å². The summed E-state index contributed by atoms with van der Waals surface area (Å²) in [7, 11) is 0. The van der Waals surface area contributed by atoms with Crippen LogP contribution in [0.1, 0.15) is 120 Å². The Hall–Kier alpha value is -1.80. The van der Waals surface area contributed by atoms with Crippen molar-refractivity contribution in [1.82, 2.24) is 0 Å². The average Bonchev–Trinajstić information content (AvgIpc) is 2.78. The quantitative estimate of drug-likeness (QED) is 0.481. The molecule has 2 fully saturated rings. The molecule has 0 N–H and O–H groups in total. The fraction of sp³-hybridized carbons (Fsp3) is 0.704. The SMILES string of the molecule is CCCCc1ccc(C2(C3CCC(CCC)CC3)CCCCC2)c(C#N)c1C#N. The van der Waals surface area contributed by atoms with E-state index in [2.05, 4.69) is 38.1 Å². The summed E-state index contributed by atoms with van der Waals surface area (Å²) < 4.78 is 0. The summed E-state index contributed by atoms with van der Waals surface area (Å²) in [5.41, 5.74) is 3.79. The number of benzene rings is 1. The highest BCUT2D eigenvalue weighted by Gasteiger charge is 2.44. The van der Waals surface area contributed by atoms with Gasteiger partial charge in [0.2, 0.25) is 0 Å². The number of hydrogen-bond donors (Lipinski definition) is 0. The van der Waals surface area contributed by atoms with Crippen molar-refractivity contribution < 1.29 is 0 Å². The van der Waals surface area contributed by atoms with Crippen molar-refractivity contribution >= 4 is 0 Å². The van der Waals surface area contributed by atoms with Crippen molar-refractivity contribution in [2.75, 3.05) is 0 Å². The monoisotopic (exact) mass is 390 g/mol. The molecule has 0 bridgehead atoms. The first-order valence-corrected chi connectivity index (χ1v) is 12.2. The van der Waals surface area contributed by atoms with Gasteiger partial charge in [0, 0.05) is 0 Å². The highest BCUT2D eigenvalue weighted by molar-refractivity contribution is 5.57. The summed E-state index contributed by atoms with van der Waals surface area (Å²) in [6.45, 7) is 4.48. The molecule has 0 unspecified atom stereocenters. The van der Waals surface area contributed by atoms with Crippen LogP contribution < -0.4 is 0 Å². The van der Waals surface area contributed by atoms with Crippen LogP contribution in [-0.2, 0) is 11.8 Å². The Morgan fingerprint density at radius 1 is 0.897 bits per heavy atom. The Bertz CT molecular complexity index is 750. The largest absolute Gasteiger partial charge is 0.192 e. The van der Waals surface area contributed by atoms with Crippen LogP contribution in [0.15, 0.2) is 12.1 Å². The highest BCUT2D eigenvalue weighted by atomic mass is 14.5. The summed E-state index contributed by atoms with van der Waals surface area (Å²) >= 11 is 0. The lowest BCUT2D eigenvalue weighted by atomic mass is 9.56. The van der Waals surface area contributed by atoms with Crippen LogP contribution in [-0.4, -0.2) is 0 Å². The Morgan fingerprint density at radius 2 is 1.59 bits per heavy atom. The molecule has 29 heavy (non-hydrogen) atoms. The molecule has 0 spiro atoms. The molecule has 2 heteroatoms. The van der Waals surface area contributed by atoms with Gasteiger partial charge in [-0.05, 0) is 66.9 Å². The van der Waals surface area contributed by atoms with Gasteiger partial charge in [0.15, 0.2) is 0 Å². The number of unbranched alkanes of at least 4 members (excludes halogenated alkanes) is 1. The normalized spacial score (nSPS) is 23.9. The summed E-state index contributed by atoms with van der Waals surface area (Å²) in [5.74, 6) is 1.58. The van der Waals surface area contributed by atoms with E-state index in [0.717, 1.165) is 30.7 Å². The second-order valence-corrected chi connectivity index (χ2v) is 9.57. The van der Waals surface area contributed by atoms with Crippen LogP contribution in [0.3, 0.4) is 0 Å². The molecule has 156 valence electrons. The van der Waals surface area contributed by atoms with Gasteiger partial charge in [-0.2, -0.15) is 10.5 Å². The van der Waals surface area contributed by atoms with Gasteiger partial charge in [-0.15, -0.1) is 0 Å². The van der Waals surface area contributed by atoms with Crippen LogP contribution in [0.4, 0.5) is 0 Å². The smallest absolute Gasteiger partial charge is 0.101 e. The molecule has 1 aromatic rings. The van der Waals surface area contributed by atoms with Gasteiger partial charge < -0.3 is 0 Å². The molecule has 2 aliphatic rings. The summed E-state index contributed by atoms with van der Waals surface area (Å²) in [6.07, 6.45) is 17.3. The predicted octanol–water partition coefficient (Wildman–Crippen LogP) is 7.58. The fourth-order valence-corrected chi connectivity index (χ4v) is 6.37. The molecular formula is C27H38N2. The van der Waals surface area contributed by atoms with E-state index in [1.54, 1.807) is 0 Å². The molecule has 0 heterocycles. The highest BCUT2D eigenvalue weighted by Crippen LogP contribution is 2.52. The number of aryl methyl sites for hydroxylation is 1. The first kappa shape index (κ1) is 21.9. The zero-order valence-corrected chi connectivity index (χ0v) is 18.6. The molecule has 0 radical (unpaired) electrons.